The van der Waals surface area contributed by atoms with Crippen molar-refractivity contribution in [2.45, 2.75) is 0 Å². The quantitative estimate of drug-likeness (QED) is 0.355. The molecule has 0 aliphatic heterocycles. The van der Waals surface area contributed by atoms with Gasteiger partial charge >= 0.3 is 135 Å². The van der Waals surface area contributed by atoms with Crippen molar-refractivity contribution in [1.82, 2.24) is 0 Å². The van der Waals surface area contributed by atoms with Crippen LogP contribution < -0.4 is 5.30 Å². The number of halogens is 5. The fourth-order valence-corrected chi connectivity index (χ4v) is 3.28. The average Bonchev–Trinajstić information content (AvgIpc) is 2.54. The van der Waals surface area contributed by atoms with E-state index in [2.05, 4.69) is 0 Å². The van der Waals surface area contributed by atoms with E-state index in [1.807, 2.05) is 0 Å². The summed E-state index contributed by atoms with van der Waals surface area (Å²) in [4.78, 5) is 0. The van der Waals surface area contributed by atoms with Crippen LogP contribution in [0.1, 0.15) is 0 Å². The molecule has 0 saturated carbocycles. The molecule has 0 saturated heterocycles. The Morgan fingerprint density at radius 1 is 0.583 bits per heavy atom. The summed E-state index contributed by atoms with van der Waals surface area (Å²) in [5, 5.41) is -1.81. The van der Waals surface area contributed by atoms with Crippen LogP contribution in [0.4, 0.5) is 21.2 Å². The van der Waals surface area contributed by atoms with Gasteiger partial charge in [0, 0.05) is 0 Å². The Labute approximate surface area is 136 Å². The topological polar surface area (TPSA) is 0 Å². The van der Waals surface area contributed by atoms with Crippen LogP contribution in [0.15, 0.2) is 72.8 Å². The van der Waals surface area contributed by atoms with Crippen molar-refractivity contribution < 1.29 is 21.2 Å². The van der Waals surface area contributed by atoms with Crippen molar-refractivity contribution in [3.05, 3.63) is 78.6 Å². The van der Waals surface area contributed by atoms with Crippen LogP contribution in [0, 0.1) is 5.82 Å². The zero-order valence-electron chi connectivity index (χ0n) is 12.3. The van der Waals surface area contributed by atoms with Crippen LogP contribution in [0.25, 0.3) is 22.3 Å². The van der Waals surface area contributed by atoms with Crippen molar-refractivity contribution in [2.75, 3.05) is 0 Å². The Morgan fingerprint density at radius 2 is 1.08 bits per heavy atom. The Hall–Kier alpha value is -2.26. The first-order chi connectivity index (χ1) is 11.2. The maximum atomic E-state index is 14.7. The monoisotopic (exact) mass is 354 g/mol. The molecule has 0 spiro atoms. The van der Waals surface area contributed by atoms with Gasteiger partial charge in [0.2, 0.25) is 0 Å². The third kappa shape index (κ3) is 3.17. The minimum absolute atomic E-state index is 0.251. The Bertz CT molecular complexity index is 861. The first-order valence-corrected chi connectivity index (χ1v) is 8.87. The summed E-state index contributed by atoms with van der Waals surface area (Å²) in [5.74, 6) is -1.57. The third-order valence-corrected chi connectivity index (χ3v) is 4.71. The van der Waals surface area contributed by atoms with Gasteiger partial charge in [0.05, 0.1) is 0 Å². The van der Waals surface area contributed by atoms with Gasteiger partial charge in [-0.1, -0.05) is 0 Å². The van der Waals surface area contributed by atoms with E-state index in [-0.39, 0.29) is 16.7 Å². The van der Waals surface area contributed by atoms with Crippen LogP contribution in [-0.4, -0.2) is 0 Å². The summed E-state index contributed by atoms with van der Waals surface area (Å²) >= 11 is 0. The third-order valence-electron chi connectivity index (χ3n) is 3.63. The van der Waals surface area contributed by atoms with Gasteiger partial charge in [-0.05, 0) is 0 Å². The SMILES string of the molecule is Fc1c(P(F)(F)(F)F)ccc(-c2ccccc2)c1-c1ccccc1. The second kappa shape index (κ2) is 5.67. The molecule has 0 aliphatic rings. The summed E-state index contributed by atoms with van der Waals surface area (Å²) in [7, 11) is -8.22. The molecule has 0 nitrogen and oxygen atoms in total. The zero-order chi connectivity index (χ0) is 17.4. The van der Waals surface area contributed by atoms with Gasteiger partial charge in [0.1, 0.15) is 0 Å². The van der Waals surface area contributed by atoms with Crippen molar-refractivity contribution in [2.24, 2.45) is 0 Å². The molecular weight excluding hydrogens is 342 g/mol. The second-order valence-corrected chi connectivity index (χ2v) is 7.20. The zero-order valence-corrected chi connectivity index (χ0v) is 13.2. The van der Waals surface area contributed by atoms with Gasteiger partial charge in [-0.25, -0.2) is 0 Å². The Kier molecular flexibility index (Phi) is 3.92. The van der Waals surface area contributed by atoms with E-state index in [1.54, 1.807) is 48.5 Å². The van der Waals surface area contributed by atoms with Gasteiger partial charge in [-0.15, -0.1) is 0 Å². The molecule has 0 unspecified atom stereocenters. The van der Waals surface area contributed by atoms with Crippen LogP contribution in [0.2, 0.25) is 0 Å². The molecule has 0 heterocycles. The number of rotatable bonds is 3. The summed E-state index contributed by atoms with van der Waals surface area (Å²) in [6.07, 6.45) is 0. The first-order valence-electron chi connectivity index (χ1n) is 7.07. The molecule has 0 amide bonds. The van der Waals surface area contributed by atoms with Crippen LogP contribution in [0.3, 0.4) is 0 Å². The van der Waals surface area contributed by atoms with Gasteiger partial charge in [-0.2, -0.15) is 0 Å². The molecule has 0 radical (unpaired) electrons. The van der Waals surface area contributed by atoms with Gasteiger partial charge in [0.15, 0.2) is 0 Å². The van der Waals surface area contributed by atoms with E-state index in [0.717, 1.165) is 6.07 Å². The number of hydrogen-bond donors (Lipinski definition) is 0. The predicted molar refractivity (Wildman–Crippen MR) is 88.3 cm³/mol. The molecule has 24 heavy (non-hydrogen) atoms. The molecule has 0 aliphatic carbocycles. The van der Waals surface area contributed by atoms with Gasteiger partial charge in [0.25, 0.3) is 0 Å². The predicted octanol–water partition coefficient (Wildman–Crippen LogP) is 6.88. The van der Waals surface area contributed by atoms with E-state index < -0.39 is 19.0 Å². The molecule has 0 N–H and O–H groups in total. The molecule has 3 aromatic carbocycles. The van der Waals surface area contributed by atoms with E-state index in [4.69, 9.17) is 0 Å². The molecule has 0 bridgehead atoms. The Balaban J connectivity index is 2.35. The molecule has 124 valence electrons. The molecule has 0 aromatic heterocycles. The van der Waals surface area contributed by atoms with Crippen LogP contribution >= 0.6 is 7.85 Å². The second-order valence-electron chi connectivity index (χ2n) is 5.27. The van der Waals surface area contributed by atoms with E-state index in [0.29, 0.717) is 11.6 Å². The summed E-state index contributed by atoms with van der Waals surface area (Å²) in [5.41, 5.74) is 0.844. The standard InChI is InChI=1S/C18H12F5P/c19-18-16(24(20,21,22)23)12-11-15(13-7-3-1-4-8-13)17(18)14-9-5-2-6-10-14/h1-12H. The van der Waals surface area contributed by atoms with E-state index in [1.165, 1.54) is 12.1 Å². The number of benzene rings is 3. The average molecular weight is 354 g/mol. The molecule has 0 fully saturated rings. The van der Waals surface area contributed by atoms with Crippen LogP contribution in [0.5, 0.6) is 0 Å². The van der Waals surface area contributed by atoms with Crippen molar-refractivity contribution >= 4 is 13.2 Å². The molecule has 0 atom stereocenters. The summed E-state index contributed by atoms with van der Waals surface area (Å²) in [6.45, 7) is 0. The fourth-order valence-electron chi connectivity index (χ4n) is 2.57. The normalized spacial score (nSPS) is 13.3. The first kappa shape index (κ1) is 16.6. The number of hydrogen-bond acceptors (Lipinski definition) is 0. The molecule has 3 aromatic rings. The van der Waals surface area contributed by atoms with E-state index in [9.17, 15) is 21.2 Å². The van der Waals surface area contributed by atoms with Crippen molar-refractivity contribution in [3.8, 4) is 22.3 Å². The van der Waals surface area contributed by atoms with Crippen LogP contribution in [-0.2, 0) is 0 Å². The Morgan fingerprint density at radius 3 is 1.58 bits per heavy atom. The fraction of sp³-hybridized carbons (Fsp3) is 0. The molecule has 6 heteroatoms. The minimum atomic E-state index is -8.22. The van der Waals surface area contributed by atoms with Crippen molar-refractivity contribution in [3.63, 3.8) is 0 Å². The molecular formula is C18H12F5P. The summed E-state index contributed by atoms with van der Waals surface area (Å²) < 4.78 is 67.5. The molecule has 3 rings (SSSR count). The van der Waals surface area contributed by atoms with Crippen molar-refractivity contribution in [1.29, 1.82) is 0 Å². The van der Waals surface area contributed by atoms with Gasteiger partial charge < -0.3 is 0 Å². The summed E-state index contributed by atoms with van der Waals surface area (Å²) in [6, 6.07) is 17.9. The maximum absolute atomic E-state index is 14.7. The van der Waals surface area contributed by atoms with Gasteiger partial charge in [-0.3, -0.25) is 0 Å². The van der Waals surface area contributed by atoms with E-state index >= 15 is 0 Å².